The summed E-state index contributed by atoms with van der Waals surface area (Å²) in [5.41, 5.74) is 0. The first-order valence-corrected chi connectivity index (χ1v) is 4.87. The Kier molecular flexibility index (Phi) is 12.0. The standard InChI is InChI=1S/C4H8Cl2O.C4H8O2/c1-3(7)2-4(5)6;1-3-6-4(2)5/h3-4,7H,2H2,1H3;3H2,1-2H3. The Morgan fingerprint density at radius 2 is 2.00 bits per heavy atom. The molecule has 80 valence electrons. The third kappa shape index (κ3) is 24.5. The molecule has 0 bridgehead atoms. The van der Waals surface area contributed by atoms with Gasteiger partial charge in [0.1, 0.15) is 4.84 Å². The van der Waals surface area contributed by atoms with Crippen molar-refractivity contribution in [1.29, 1.82) is 0 Å². The van der Waals surface area contributed by atoms with Crippen molar-refractivity contribution >= 4 is 29.2 Å². The van der Waals surface area contributed by atoms with Crippen LogP contribution in [-0.4, -0.2) is 28.6 Å². The van der Waals surface area contributed by atoms with Crippen LogP contribution in [0.2, 0.25) is 0 Å². The maximum atomic E-state index is 9.82. The molecule has 13 heavy (non-hydrogen) atoms. The van der Waals surface area contributed by atoms with E-state index in [-0.39, 0.29) is 12.1 Å². The molecule has 1 atom stereocenters. The van der Waals surface area contributed by atoms with Crippen LogP contribution in [0.1, 0.15) is 27.2 Å². The number of rotatable bonds is 3. The number of alkyl halides is 2. The van der Waals surface area contributed by atoms with E-state index in [9.17, 15) is 4.79 Å². The molecule has 0 saturated heterocycles. The first-order chi connectivity index (χ1) is 5.90. The number of hydrogen-bond donors (Lipinski definition) is 1. The first-order valence-electron chi connectivity index (χ1n) is 3.99. The highest BCUT2D eigenvalue weighted by atomic mass is 35.5. The quantitative estimate of drug-likeness (QED) is 0.597. The summed E-state index contributed by atoms with van der Waals surface area (Å²) in [5.74, 6) is -0.211. The summed E-state index contributed by atoms with van der Waals surface area (Å²) in [6.07, 6.45) is 0.0586. The molecule has 0 heterocycles. The summed E-state index contributed by atoms with van der Waals surface area (Å²) in [5, 5.41) is 8.55. The average molecular weight is 231 g/mol. The van der Waals surface area contributed by atoms with Crippen LogP contribution in [0.3, 0.4) is 0 Å². The van der Waals surface area contributed by atoms with Gasteiger partial charge in [-0.15, -0.1) is 23.2 Å². The zero-order valence-electron chi connectivity index (χ0n) is 8.09. The van der Waals surface area contributed by atoms with E-state index in [2.05, 4.69) is 4.74 Å². The van der Waals surface area contributed by atoms with Crippen LogP contribution in [0, 0.1) is 0 Å². The topological polar surface area (TPSA) is 46.5 Å². The van der Waals surface area contributed by atoms with E-state index in [0.29, 0.717) is 13.0 Å². The molecule has 5 heteroatoms. The molecule has 0 fully saturated rings. The van der Waals surface area contributed by atoms with Gasteiger partial charge in [-0.3, -0.25) is 4.79 Å². The third-order valence-electron chi connectivity index (χ3n) is 0.867. The average Bonchev–Trinajstić information content (AvgIpc) is 1.83. The van der Waals surface area contributed by atoms with Crippen LogP contribution in [0.4, 0.5) is 0 Å². The predicted octanol–water partition coefficient (Wildman–Crippen LogP) is 2.13. The van der Waals surface area contributed by atoms with Gasteiger partial charge >= 0.3 is 5.97 Å². The van der Waals surface area contributed by atoms with Gasteiger partial charge in [0.2, 0.25) is 0 Å². The molecule has 1 unspecified atom stereocenters. The zero-order valence-corrected chi connectivity index (χ0v) is 9.60. The number of hydrogen-bond acceptors (Lipinski definition) is 3. The number of aliphatic hydroxyl groups excluding tert-OH is 1. The van der Waals surface area contributed by atoms with Crippen molar-refractivity contribution in [2.24, 2.45) is 0 Å². The molecular weight excluding hydrogens is 215 g/mol. The minimum absolute atomic E-state index is 0.211. The van der Waals surface area contributed by atoms with E-state index >= 15 is 0 Å². The van der Waals surface area contributed by atoms with Gasteiger partial charge in [-0.25, -0.2) is 0 Å². The van der Waals surface area contributed by atoms with Crippen molar-refractivity contribution in [2.45, 2.75) is 38.1 Å². The fraction of sp³-hybridized carbons (Fsp3) is 0.875. The lowest BCUT2D eigenvalue weighted by molar-refractivity contribution is -0.140. The van der Waals surface area contributed by atoms with Gasteiger partial charge < -0.3 is 9.84 Å². The van der Waals surface area contributed by atoms with Crippen LogP contribution in [0.15, 0.2) is 0 Å². The van der Waals surface area contributed by atoms with E-state index in [1.807, 2.05) is 0 Å². The van der Waals surface area contributed by atoms with E-state index in [1.54, 1.807) is 13.8 Å². The van der Waals surface area contributed by atoms with Crippen molar-refractivity contribution in [2.75, 3.05) is 6.61 Å². The van der Waals surface area contributed by atoms with Gasteiger partial charge in [0.15, 0.2) is 0 Å². The summed E-state index contributed by atoms with van der Waals surface area (Å²) in [6, 6.07) is 0. The fourth-order valence-corrected chi connectivity index (χ4v) is 0.977. The Bertz CT molecular complexity index is 121. The Morgan fingerprint density at radius 3 is 2.00 bits per heavy atom. The summed E-state index contributed by atoms with van der Waals surface area (Å²) in [4.78, 5) is 9.39. The second-order valence-corrected chi connectivity index (χ2v) is 3.68. The van der Waals surface area contributed by atoms with Gasteiger partial charge in [0.05, 0.1) is 12.7 Å². The summed E-state index contributed by atoms with van der Waals surface area (Å²) >= 11 is 10.6. The SMILES string of the molecule is CC(O)CC(Cl)Cl.CCOC(C)=O. The van der Waals surface area contributed by atoms with Crippen molar-refractivity contribution in [1.82, 2.24) is 0 Å². The van der Waals surface area contributed by atoms with Gasteiger partial charge in [-0.1, -0.05) is 0 Å². The molecular formula is C8H16Cl2O3. The van der Waals surface area contributed by atoms with E-state index in [1.165, 1.54) is 6.92 Å². The molecule has 1 N–H and O–H groups in total. The van der Waals surface area contributed by atoms with E-state index in [0.717, 1.165) is 0 Å². The normalized spacial score (nSPS) is 11.6. The van der Waals surface area contributed by atoms with Crippen molar-refractivity contribution < 1.29 is 14.6 Å². The van der Waals surface area contributed by atoms with Gasteiger partial charge in [0.25, 0.3) is 0 Å². The Morgan fingerprint density at radius 1 is 1.54 bits per heavy atom. The molecule has 0 aromatic carbocycles. The number of aliphatic hydroxyl groups is 1. The third-order valence-corrected chi connectivity index (χ3v) is 1.22. The van der Waals surface area contributed by atoms with Crippen LogP contribution in [0.25, 0.3) is 0 Å². The lowest BCUT2D eigenvalue weighted by Gasteiger charge is -2.01. The van der Waals surface area contributed by atoms with Gasteiger partial charge in [-0.05, 0) is 13.8 Å². The molecule has 3 nitrogen and oxygen atoms in total. The Balaban J connectivity index is 0. The minimum Gasteiger partial charge on any atom is -0.466 e. The number of halogens is 2. The number of carbonyl (C=O) groups is 1. The van der Waals surface area contributed by atoms with Crippen LogP contribution >= 0.6 is 23.2 Å². The maximum Gasteiger partial charge on any atom is 0.302 e. The fourth-order valence-electron chi connectivity index (χ4n) is 0.461. The van der Waals surface area contributed by atoms with Gasteiger partial charge in [0, 0.05) is 13.3 Å². The second kappa shape index (κ2) is 10.1. The highest BCUT2D eigenvalue weighted by Crippen LogP contribution is 2.08. The van der Waals surface area contributed by atoms with Gasteiger partial charge in [-0.2, -0.15) is 0 Å². The van der Waals surface area contributed by atoms with Crippen molar-refractivity contribution in [3.8, 4) is 0 Å². The summed E-state index contributed by atoms with van der Waals surface area (Å²) in [6.45, 7) is 5.30. The molecule has 0 spiro atoms. The number of carbonyl (C=O) groups excluding carboxylic acids is 1. The lowest BCUT2D eigenvalue weighted by atomic mass is 10.3. The molecule has 0 saturated carbocycles. The molecule has 0 aromatic heterocycles. The zero-order chi connectivity index (χ0) is 10.9. The lowest BCUT2D eigenvalue weighted by Crippen LogP contribution is -2.03. The molecule has 0 aromatic rings. The van der Waals surface area contributed by atoms with Crippen LogP contribution in [0.5, 0.6) is 0 Å². The minimum atomic E-state index is -0.431. The molecule has 0 radical (unpaired) electrons. The monoisotopic (exact) mass is 230 g/mol. The van der Waals surface area contributed by atoms with E-state index < -0.39 is 4.84 Å². The maximum absolute atomic E-state index is 9.82. The highest BCUT2D eigenvalue weighted by molar-refractivity contribution is 6.44. The van der Waals surface area contributed by atoms with E-state index in [4.69, 9.17) is 28.3 Å². The summed E-state index contributed by atoms with van der Waals surface area (Å²) < 4.78 is 4.40. The Hall–Kier alpha value is 0.01000. The Labute approximate surface area is 89.0 Å². The van der Waals surface area contributed by atoms with Crippen molar-refractivity contribution in [3.63, 3.8) is 0 Å². The van der Waals surface area contributed by atoms with Crippen LogP contribution in [-0.2, 0) is 9.53 Å². The summed E-state index contributed by atoms with van der Waals surface area (Å²) in [7, 11) is 0. The molecule has 0 aliphatic rings. The molecule has 0 aliphatic heterocycles. The predicted molar refractivity (Wildman–Crippen MR) is 54.1 cm³/mol. The molecule has 0 aliphatic carbocycles. The largest absolute Gasteiger partial charge is 0.466 e. The smallest absolute Gasteiger partial charge is 0.302 e. The number of esters is 1. The first kappa shape index (κ1) is 15.5. The number of ether oxygens (including phenoxy) is 1. The molecule has 0 amide bonds. The van der Waals surface area contributed by atoms with Crippen molar-refractivity contribution in [3.05, 3.63) is 0 Å². The molecule has 0 rings (SSSR count). The second-order valence-electron chi connectivity index (χ2n) is 2.40. The van der Waals surface area contributed by atoms with Crippen LogP contribution < -0.4 is 0 Å². The highest BCUT2D eigenvalue weighted by Gasteiger charge is 2.01.